The molecule has 2 fully saturated rings. The van der Waals surface area contributed by atoms with E-state index in [1.165, 1.54) is 0 Å². The summed E-state index contributed by atoms with van der Waals surface area (Å²) in [4.78, 5) is 0. The summed E-state index contributed by atoms with van der Waals surface area (Å²) < 4.78 is 11.3. The monoisotopic (exact) mass is 186 g/mol. The third kappa shape index (κ3) is 1.13. The first-order valence-corrected chi connectivity index (χ1v) is 4.90. The lowest BCUT2D eigenvalue weighted by atomic mass is 9.77. The molecule has 2 aliphatic heterocycles. The molecule has 4 heteroatoms. The van der Waals surface area contributed by atoms with Gasteiger partial charge in [0.25, 0.3) is 0 Å². The summed E-state index contributed by atoms with van der Waals surface area (Å²) in [6, 6.07) is 0. The van der Waals surface area contributed by atoms with Crippen molar-refractivity contribution in [1.82, 2.24) is 0 Å². The molecule has 0 aromatic heterocycles. The summed E-state index contributed by atoms with van der Waals surface area (Å²) in [5.74, 6) is 0.253. The van der Waals surface area contributed by atoms with Gasteiger partial charge >= 0.3 is 0 Å². The van der Waals surface area contributed by atoms with Crippen LogP contribution in [0.4, 0.5) is 0 Å². The van der Waals surface area contributed by atoms with Crippen molar-refractivity contribution in [3.8, 4) is 0 Å². The standard InChI is InChI=1S/C9H18N2O2/c1-12-9-3-2-8(13-9)6(4-10)7(9)5-11/h6-8H,2-5,10-11H2,1H3. The number of rotatable bonds is 3. The molecule has 0 amide bonds. The lowest BCUT2D eigenvalue weighted by molar-refractivity contribution is -0.201. The Labute approximate surface area is 78.6 Å². The van der Waals surface area contributed by atoms with Crippen LogP contribution in [0.25, 0.3) is 0 Å². The summed E-state index contributed by atoms with van der Waals surface area (Å²) >= 11 is 0. The van der Waals surface area contributed by atoms with Crippen LogP contribution < -0.4 is 11.5 Å². The summed E-state index contributed by atoms with van der Waals surface area (Å²) in [7, 11) is 1.70. The number of methoxy groups -OCH3 is 1. The zero-order valence-electron chi connectivity index (χ0n) is 8.03. The van der Waals surface area contributed by atoms with Gasteiger partial charge in [-0.2, -0.15) is 0 Å². The van der Waals surface area contributed by atoms with E-state index in [0.717, 1.165) is 12.8 Å². The van der Waals surface area contributed by atoms with Crippen LogP contribution >= 0.6 is 0 Å². The predicted octanol–water partition coefficient (Wildman–Crippen LogP) is -0.328. The highest BCUT2D eigenvalue weighted by Crippen LogP contribution is 2.50. The van der Waals surface area contributed by atoms with Crippen molar-refractivity contribution in [1.29, 1.82) is 0 Å². The van der Waals surface area contributed by atoms with E-state index < -0.39 is 5.79 Å². The smallest absolute Gasteiger partial charge is 0.172 e. The lowest BCUT2D eigenvalue weighted by Gasteiger charge is -2.33. The molecule has 2 aliphatic rings. The molecule has 0 saturated carbocycles. The van der Waals surface area contributed by atoms with Gasteiger partial charge in [0.15, 0.2) is 5.79 Å². The molecular formula is C9H18N2O2. The van der Waals surface area contributed by atoms with Gasteiger partial charge in [-0.3, -0.25) is 0 Å². The summed E-state index contributed by atoms with van der Waals surface area (Å²) in [5, 5.41) is 0. The van der Waals surface area contributed by atoms with E-state index in [2.05, 4.69) is 0 Å². The zero-order chi connectivity index (χ0) is 9.47. The van der Waals surface area contributed by atoms with Crippen LogP contribution in [-0.4, -0.2) is 32.1 Å². The van der Waals surface area contributed by atoms with Gasteiger partial charge in [0.1, 0.15) is 0 Å². The van der Waals surface area contributed by atoms with Crippen LogP contribution in [0.2, 0.25) is 0 Å². The Morgan fingerprint density at radius 3 is 2.77 bits per heavy atom. The molecule has 2 saturated heterocycles. The van der Waals surface area contributed by atoms with Gasteiger partial charge < -0.3 is 20.9 Å². The Hall–Kier alpha value is -0.160. The van der Waals surface area contributed by atoms with Gasteiger partial charge in [-0.1, -0.05) is 0 Å². The maximum atomic E-state index is 5.83. The fourth-order valence-electron chi connectivity index (χ4n) is 2.85. The van der Waals surface area contributed by atoms with E-state index in [9.17, 15) is 0 Å². The van der Waals surface area contributed by atoms with Crippen LogP contribution in [-0.2, 0) is 9.47 Å². The maximum Gasteiger partial charge on any atom is 0.172 e. The van der Waals surface area contributed by atoms with Gasteiger partial charge in [-0.05, 0) is 13.0 Å². The van der Waals surface area contributed by atoms with Crippen molar-refractivity contribution < 1.29 is 9.47 Å². The van der Waals surface area contributed by atoms with E-state index in [1.54, 1.807) is 7.11 Å². The van der Waals surface area contributed by atoms with Gasteiger partial charge in [-0.25, -0.2) is 0 Å². The van der Waals surface area contributed by atoms with Crippen LogP contribution in [0.5, 0.6) is 0 Å². The fraction of sp³-hybridized carbons (Fsp3) is 1.00. The number of hydrogen-bond acceptors (Lipinski definition) is 4. The minimum atomic E-state index is -0.413. The highest BCUT2D eigenvalue weighted by Gasteiger charge is 2.58. The van der Waals surface area contributed by atoms with Crippen LogP contribution in [0.3, 0.4) is 0 Å². The molecule has 4 N–H and O–H groups in total. The van der Waals surface area contributed by atoms with E-state index in [4.69, 9.17) is 20.9 Å². The Bertz CT molecular complexity index is 200. The lowest BCUT2D eigenvalue weighted by Crippen LogP contribution is -2.45. The Balaban J connectivity index is 2.20. The molecule has 4 nitrogen and oxygen atoms in total. The summed E-state index contributed by atoms with van der Waals surface area (Å²) in [6.45, 7) is 1.25. The fourth-order valence-corrected chi connectivity index (χ4v) is 2.85. The molecule has 4 atom stereocenters. The van der Waals surface area contributed by atoms with Crippen molar-refractivity contribution in [3.63, 3.8) is 0 Å². The van der Waals surface area contributed by atoms with Crippen LogP contribution in [0.1, 0.15) is 12.8 Å². The SMILES string of the molecule is COC12CCC(O1)C(CN)C2CN. The van der Waals surface area contributed by atoms with Crippen molar-refractivity contribution in [3.05, 3.63) is 0 Å². The first kappa shape index (κ1) is 9.40. The molecule has 0 radical (unpaired) electrons. The summed E-state index contributed by atoms with van der Waals surface area (Å²) in [5.41, 5.74) is 11.4. The molecular weight excluding hydrogens is 168 g/mol. The van der Waals surface area contributed by atoms with Gasteiger partial charge in [-0.15, -0.1) is 0 Å². The molecule has 0 spiro atoms. The van der Waals surface area contributed by atoms with Crippen LogP contribution in [0, 0.1) is 11.8 Å². The van der Waals surface area contributed by atoms with Gasteiger partial charge in [0.2, 0.25) is 0 Å². The minimum absolute atomic E-state index is 0.276. The summed E-state index contributed by atoms with van der Waals surface area (Å²) in [6.07, 6.45) is 2.30. The van der Waals surface area contributed by atoms with Gasteiger partial charge in [0, 0.05) is 31.9 Å². The molecule has 2 bridgehead atoms. The number of ether oxygens (including phenoxy) is 2. The normalized spacial score (nSPS) is 48.7. The van der Waals surface area contributed by atoms with E-state index in [0.29, 0.717) is 19.0 Å². The Morgan fingerprint density at radius 2 is 2.23 bits per heavy atom. The molecule has 2 rings (SSSR count). The van der Waals surface area contributed by atoms with E-state index >= 15 is 0 Å². The topological polar surface area (TPSA) is 70.5 Å². The van der Waals surface area contributed by atoms with Crippen molar-refractivity contribution in [2.24, 2.45) is 23.3 Å². The predicted molar refractivity (Wildman–Crippen MR) is 48.9 cm³/mol. The molecule has 2 heterocycles. The second-order valence-corrected chi connectivity index (χ2v) is 3.95. The Kier molecular flexibility index (Phi) is 2.32. The Morgan fingerprint density at radius 1 is 1.46 bits per heavy atom. The maximum absolute atomic E-state index is 5.83. The molecule has 0 aromatic rings. The largest absolute Gasteiger partial charge is 0.353 e. The minimum Gasteiger partial charge on any atom is -0.353 e. The van der Waals surface area contributed by atoms with Crippen LogP contribution in [0.15, 0.2) is 0 Å². The quantitative estimate of drug-likeness (QED) is 0.633. The van der Waals surface area contributed by atoms with Crippen molar-refractivity contribution in [2.45, 2.75) is 24.7 Å². The zero-order valence-corrected chi connectivity index (χ0v) is 8.03. The molecule has 4 unspecified atom stereocenters. The average molecular weight is 186 g/mol. The molecule has 0 aromatic carbocycles. The number of fused-ring (bicyclic) bond motifs is 2. The van der Waals surface area contributed by atoms with Gasteiger partial charge in [0.05, 0.1) is 6.10 Å². The average Bonchev–Trinajstić information content (AvgIpc) is 2.72. The first-order chi connectivity index (χ1) is 6.27. The third-order valence-corrected chi connectivity index (χ3v) is 3.56. The molecule has 76 valence electrons. The molecule has 0 aliphatic carbocycles. The molecule has 13 heavy (non-hydrogen) atoms. The highest BCUT2D eigenvalue weighted by molar-refractivity contribution is 5.02. The third-order valence-electron chi connectivity index (χ3n) is 3.56. The van der Waals surface area contributed by atoms with Crippen molar-refractivity contribution >= 4 is 0 Å². The number of nitrogens with two attached hydrogens (primary N) is 2. The second kappa shape index (κ2) is 3.20. The van der Waals surface area contributed by atoms with Crippen molar-refractivity contribution in [2.75, 3.05) is 20.2 Å². The van der Waals surface area contributed by atoms with E-state index in [-0.39, 0.29) is 12.0 Å². The van der Waals surface area contributed by atoms with E-state index in [1.807, 2.05) is 0 Å². The highest BCUT2D eigenvalue weighted by atomic mass is 16.7. The first-order valence-electron chi connectivity index (χ1n) is 4.90. The number of hydrogen-bond donors (Lipinski definition) is 2. The second-order valence-electron chi connectivity index (χ2n) is 3.95.